The third-order valence-electron chi connectivity index (χ3n) is 3.14. The first-order chi connectivity index (χ1) is 9.55. The Hall–Kier alpha value is -1.95. The maximum atomic E-state index is 10.7. The van der Waals surface area contributed by atoms with Crippen molar-refractivity contribution in [2.45, 2.75) is 32.4 Å². The first kappa shape index (κ1) is 16.1. The number of methoxy groups -OCH3 is 2. The number of aliphatic hydroxyl groups excluding tert-OH is 1. The largest absolute Gasteiger partial charge is 0.496 e. The van der Waals surface area contributed by atoms with Gasteiger partial charge in [0.15, 0.2) is 0 Å². The van der Waals surface area contributed by atoms with E-state index in [2.05, 4.69) is 5.32 Å². The van der Waals surface area contributed by atoms with Gasteiger partial charge >= 0.3 is 6.09 Å². The molecule has 0 aliphatic heterocycles. The molecule has 0 aliphatic rings. The van der Waals surface area contributed by atoms with E-state index < -0.39 is 6.09 Å². The number of rotatable bonds is 7. The Balaban J connectivity index is 3.05. The van der Waals surface area contributed by atoms with E-state index in [-0.39, 0.29) is 12.6 Å². The number of carbonyl (C=O) groups is 1. The van der Waals surface area contributed by atoms with Crippen LogP contribution in [0, 0.1) is 0 Å². The lowest BCUT2D eigenvalue weighted by atomic mass is 10.0. The Labute approximate surface area is 118 Å². The van der Waals surface area contributed by atoms with Crippen LogP contribution < -0.4 is 14.8 Å². The van der Waals surface area contributed by atoms with Crippen LogP contribution in [0.5, 0.6) is 11.5 Å². The zero-order valence-corrected chi connectivity index (χ0v) is 12.0. The fourth-order valence-electron chi connectivity index (χ4n) is 2.04. The summed E-state index contributed by atoms with van der Waals surface area (Å²) < 4.78 is 10.5. The standard InChI is InChI=1S/C14H21NO5/c1-4-11(15-14(17)18)5-9-6-13(20-3)10(8-16)7-12(9)19-2/h6-7,11,15-16H,4-5,8H2,1-3H3,(H,17,18). The second-order valence-corrected chi connectivity index (χ2v) is 4.39. The highest BCUT2D eigenvalue weighted by Gasteiger charge is 2.16. The van der Waals surface area contributed by atoms with Gasteiger partial charge in [-0.05, 0) is 30.5 Å². The Morgan fingerprint density at radius 1 is 1.25 bits per heavy atom. The monoisotopic (exact) mass is 283 g/mol. The van der Waals surface area contributed by atoms with Gasteiger partial charge in [0, 0.05) is 11.6 Å². The summed E-state index contributed by atoms with van der Waals surface area (Å²) in [7, 11) is 3.07. The number of hydrogen-bond acceptors (Lipinski definition) is 4. The van der Waals surface area contributed by atoms with E-state index in [1.54, 1.807) is 12.1 Å². The Morgan fingerprint density at radius 3 is 2.25 bits per heavy atom. The Morgan fingerprint density at radius 2 is 1.80 bits per heavy atom. The van der Waals surface area contributed by atoms with Gasteiger partial charge in [0.25, 0.3) is 0 Å². The summed E-state index contributed by atoms with van der Waals surface area (Å²) in [5.74, 6) is 1.17. The third kappa shape index (κ3) is 4.03. The van der Waals surface area contributed by atoms with Crippen LogP contribution in [0.25, 0.3) is 0 Å². The summed E-state index contributed by atoms with van der Waals surface area (Å²) in [4.78, 5) is 10.7. The average molecular weight is 283 g/mol. The molecule has 0 heterocycles. The van der Waals surface area contributed by atoms with Crippen LogP contribution in [-0.2, 0) is 13.0 Å². The lowest BCUT2D eigenvalue weighted by Crippen LogP contribution is -2.34. The summed E-state index contributed by atoms with van der Waals surface area (Å²) >= 11 is 0. The van der Waals surface area contributed by atoms with Crippen molar-refractivity contribution < 1.29 is 24.5 Å². The highest BCUT2D eigenvalue weighted by atomic mass is 16.5. The molecule has 1 unspecified atom stereocenters. The van der Waals surface area contributed by atoms with Crippen LogP contribution >= 0.6 is 0 Å². The van der Waals surface area contributed by atoms with Crippen molar-refractivity contribution in [3.05, 3.63) is 23.3 Å². The van der Waals surface area contributed by atoms with Crippen molar-refractivity contribution in [2.75, 3.05) is 14.2 Å². The molecule has 6 nitrogen and oxygen atoms in total. The maximum absolute atomic E-state index is 10.7. The van der Waals surface area contributed by atoms with Crippen molar-refractivity contribution in [1.82, 2.24) is 5.32 Å². The highest BCUT2D eigenvalue weighted by Crippen LogP contribution is 2.30. The molecule has 0 bridgehead atoms. The van der Waals surface area contributed by atoms with Gasteiger partial charge in [0.2, 0.25) is 0 Å². The van der Waals surface area contributed by atoms with Crippen LogP contribution in [0.3, 0.4) is 0 Å². The van der Waals surface area contributed by atoms with Gasteiger partial charge < -0.3 is 25.0 Å². The summed E-state index contributed by atoms with van der Waals surface area (Å²) in [5.41, 5.74) is 1.47. The number of amides is 1. The third-order valence-corrected chi connectivity index (χ3v) is 3.14. The fraction of sp³-hybridized carbons (Fsp3) is 0.500. The Kier molecular flexibility index (Phi) is 6.11. The first-order valence-electron chi connectivity index (χ1n) is 6.39. The molecule has 112 valence electrons. The van der Waals surface area contributed by atoms with Gasteiger partial charge in [-0.15, -0.1) is 0 Å². The molecule has 6 heteroatoms. The van der Waals surface area contributed by atoms with E-state index in [4.69, 9.17) is 14.6 Å². The quantitative estimate of drug-likeness (QED) is 0.710. The second-order valence-electron chi connectivity index (χ2n) is 4.39. The predicted molar refractivity (Wildman–Crippen MR) is 74.4 cm³/mol. The van der Waals surface area contributed by atoms with Gasteiger partial charge in [-0.1, -0.05) is 6.92 Å². The molecule has 0 fully saturated rings. The van der Waals surface area contributed by atoms with Gasteiger partial charge in [0.05, 0.1) is 20.8 Å². The summed E-state index contributed by atoms with van der Waals surface area (Å²) in [6.07, 6.45) is 0.114. The molecule has 20 heavy (non-hydrogen) atoms. The summed E-state index contributed by atoms with van der Waals surface area (Å²) in [6, 6.07) is 3.28. The molecule has 1 aromatic rings. The zero-order chi connectivity index (χ0) is 15.1. The summed E-state index contributed by atoms with van der Waals surface area (Å²) in [6.45, 7) is 1.76. The van der Waals surface area contributed by atoms with Crippen molar-refractivity contribution in [3.63, 3.8) is 0 Å². The first-order valence-corrected chi connectivity index (χ1v) is 6.39. The van der Waals surface area contributed by atoms with Crippen LogP contribution in [0.1, 0.15) is 24.5 Å². The number of hydrogen-bond donors (Lipinski definition) is 3. The van der Waals surface area contributed by atoms with Crippen molar-refractivity contribution in [1.29, 1.82) is 0 Å². The molecule has 1 aromatic carbocycles. The predicted octanol–water partition coefficient (Wildman–Crippen LogP) is 1.78. The topological polar surface area (TPSA) is 88.0 Å². The lowest BCUT2D eigenvalue weighted by Gasteiger charge is -2.18. The zero-order valence-electron chi connectivity index (χ0n) is 12.0. The Bertz CT molecular complexity index is 461. The second kappa shape index (κ2) is 7.59. The minimum Gasteiger partial charge on any atom is -0.496 e. The van der Waals surface area contributed by atoms with Gasteiger partial charge in [-0.3, -0.25) is 0 Å². The highest BCUT2D eigenvalue weighted by molar-refractivity contribution is 5.65. The number of ether oxygens (including phenoxy) is 2. The van der Waals surface area contributed by atoms with Crippen molar-refractivity contribution >= 4 is 6.09 Å². The van der Waals surface area contributed by atoms with Crippen LogP contribution in [-0.4, -0.2) is 36.6 Å². The molecule has 0 saturated heterocycles. The molecule has 3 N–H and O–H groups in total. The van der Waals surface area contributed by atoms with E-state index in [1.165, 1.54) is 14.2 Å². The van der Waals surface area contributed by atoms with Gasteiger partial charge in [-0.2, -0.15) is 0 Å². The lowest BCUT2D eigenvalue weighted by molar-refractivity contribution is 0.189. The molecule has 0 saturated carbocycles. The maximum Gasteiger partial charge on any atom is 0.404 e. The van der Waals surface area contributed by atoms with E-state index in [0.717, 1.165) is 5.56 Å². The minimum atomic E-state index is -1.05. The average Bonchev–Trinajstić information content (AvgIpc) is 2.45. The molecular weight excluding hydrogens is 262 g/mol. The van der Waals surface area contributed by atoms with Crippen LogP contribution in [0.15, 0.2) is 12.1 Å². The van der Waals surface area contributed by atoms with Crippen molar-refractivity contribution in [2.24, 2.45) is 0 Å². The van der Waals surface area contributed by atoms with Gasteiger partial charge in [0.1, 0.15) is 11.5 Å². The van der Waals surface area contributed by atoms with Gasteiger partial charge in [-0.25, -0.2) is 4.79 Å². The molecule has 1 rings (SSSR count). The van der Waals surface area contributed by atoms with E-state index in [1.807, 2.05) is 6.92 Å². The molecule has 1 atom stereocenters. The molecule has 1 amide bonds. The fourth-order valence-corrected chi connectivity index (χ4v) is 2.04. The number of carboxylic acid groups (broad SMARTS) is 1. The number of aliphatic hydroxyl groups is 1. The SMILES string of the molecule is CCC(Cc1cc(OC)c(CO)cc1OC)NC(=O)O. The molecule has 0 spiro atoms. The van der Waals surface area contributed by atoms with E-state index >= 15 is 0 Å². The molecule has 0 aromatic heterocycles. The normalized spacial score (nSPS) is 11.8. The molecule has 0 aliphatic carbocycles. The van der Waals surface area contributed by atoms with Crippen molar-refractivity contribution in [3.8, 4) is 11.5 Å². The molecular formula is C14H21NO5. The van der Waals surface area contributed by atoms with Crippen LogP contribution in [0.4, 0.5) is 4.79 Å². The van der Waals surface area contributed by atoms with E-state index in [0.29, 0.717) is 29.9 Å². The number of benzene rings is 1. The molecule has 0 radical (unpaired) electrons. The number of nitrogens with one attached hydrogen (secondary N) is 1. The minimum absolute atomic E-state index is 0.148. The summed E-state index contributed by atoms with van der Waals surface area (Å²) in [5, 5.41) is 20.6. The smallest absolute Gasteiger partial charge is 0.404 e. The van der Waals surface area contributed by atoms with Crippen LogP contribution in [0.2, 0.25) is 0 Å². The van der Waals surface area contributed by atoms with E-state index in [9.17, 15) is 9.90 Å².